The Morgan fingerprint density at radius 1 is 1.21 bits per heavy atom. The zero-order chi connectivity index (χ0) is 20.3. The summed E-state index contributed by atoms with van der Waals surface area (Å²) in [5.74, 6) is 0.264. The van der Waals surface area contributed by atoms with E-state index in [1.807, 2.05) is 44.2 Å². The summed E-state index contributed by atoms with van der Waals surface area (Å²) in [6.07, 6.45) is 3.77. The Labute approximate surface area is 169 Å². The Morgan fingerprint density at radius 3 is 2.64 bits per heavy atom. The molecule has 6 heteroatoms. The van der Waals surface area contributed by atoms with Crippen LogP contribution in [0.5, 0.6) is 5.75 Å². The van der Waals surface area contributed by atoms with Gasteiger partial charge in [0.1, 0.15) is 5.75 Å². The number of nitrogens with zero attached hydrogens (tertiary/aromatic N) is 1. The van der Waals surface area contributed by atoms with Crippen LogP contribution in [0, 0.1) is 0 Å². The molecule has 3 rings (SSSR count). The average molecular weight is 399 g/mol. The molecule has 28 heavy (non-hydrogen) atoms. The predicted molar refractivity (Wildman–Crippen MR) is 111 cm³/mol. The minimum atomic E-state index is -0.349. The normalized spacial score (nSPS) is 15.3. The molecular formula is C22H23ClN2O3. The zero-order valence-electron chi connectivity index (χ0n) is 16.1. The fourth-order valence-electron chi connectivity index (χ4n) is 3.23. The first-order valence-electron chi connectivity index (χ1n) is 9.17. The molecule has 0 aliphatic carbocycles. The van der Waals surface area contributed by atoms with Crippen molar-refractivity contribution in [3.05, 3.63) is 64.8 Å². The van der Waals surface area contributed by atoms with Gasteiger partial charge in [-0.15, -0.1) is 0 Å². The van der Waals surface area contributed by atoms with Crippen LogP contribution >= 0.6 is 11.6 Å². The van der Waals surface area contributed by atoms with Crippen molar-refractivity contribution >= 4 is 35.2 Å². The van der Waals surface area contributed by atoms with Gasteiger partial charge in [-0.1, -0.05) is 35.9 Å². The maximum atomic E-state index is 12.7. The molecule has 1 aliphatic heterocycles. The van der Waals surface area contributed by atoms with Crippen LogP contribution in [0.25, 0.3) is 6.08 Å². The van der Waals surface area contributed by atoms with Gasteiger partial charge in [-0.05, 0) is 49.2 Å². The molecule has 0 spiro atoms. The van der Waals surface area contributed by atoms with E-state index in [-0.39, 0.29) is 30.4 Å². The highest BCUT2D eigenvalue weighted by Gasteiger charge is 2.28. The van der Waals surface area contributed by atoms with E-state index in [9.17, 15) is 9.59 Å². The van der Waals surface area contributed by atoms with Crippen LogP contribution in [-0.4, -0.2) is 22.8 Å². The van der Waals surface area contributed by atoms with Gasteiger partial charge in [0.05, 0.1) is 23.6 Å². The number of carbonyl (C=O) groups is 2. The third-order valence-electron chi connectivity index (χ3n) is 4.43. The van der Waals surface area contributed by atoms with Crippen LogP contribution in [0.3, 0.4) is 0 Å². The Hall–Kier alpha value is -2.79. The van der Waals surface area contributed by atoms with Gasteiger partial charge in [-0.3, -0.25) is 9.59 Å². The van der Waals surface area contributed by atoms with E-state index in [1.54, 1.807) is 29.3 Å². The minimum Gasteiger partial charge on any atom is -0.489 e. The quantitative estimate of drug-likeness (QED) is 0.768. The summed E-state index contributed by atoms with van der Waals surface area (Å²) in [7, 11) is 0. The molecule has 0 unspecified atom stereocenters. The molecular weight excluding hydrogens is 376 g/mol. The van der Waals surface area contributed by atoms with Crippen molar-refractivity contribution < 1.29 is 14.3 Å². The largest absolute Gasteiger partial charge is 0.489 e. The number of amides is 2. The fourth-order valence-corrected chi connectivity index (χ4v) is 3.45. The number of nitrogens with one attached hydrogen (secondary N) is 1. The molecule has 0 radical (unpaired) electrons. The first-order chi connectivity index (χ1) is 13.3. The van der Waals surface area contributed by atoms with Gasteiger partial charge < -0.3 is 15.0 Å². The second-order valence-electron chi connectivity index (χ2n) is 6.95. The highest BCUT2D eigenvalue weighted by molar-refractivity contribution is 6.32. The summed E-state index contributed by atoms with van der Waals surface area (Å²) < 4.78 is 5.61. The smallest absolute Gasteiger partial charge is 0.226 e. The van der Waals surface area contributed by atoms with Crippen molar-refractivity contribution in [2.75, 3.05) is 5.32 Å². The first kappa shape index (κ1) is 20.0. The van der Waals surface area contributed by atoms with Crippen LogP contribution in [0.15, 0.2) is 48.7 Å². The number of ether oxygens (including phenoxy) is 1. The molecule has 5 nitrogen and oxygen atoms in total. The van der Waals surface area contributed by atoms with Gasteiger partial charge in [0.25, 0.3) is 0 Å². The molecule has 1 aliphatic rings. The minimum absolute atomic E-state index is 0.00919. The molecule has 0 bridgehead atoms. The van der Waals surface area contributed by atoms with Crippen molar-refractivity contribution in [3.8, 4) is 5.75 Å². The third-order valence-corrected chi connectivity index (χ3v) is 4.72. The maximum absolute atomic E-state index is 12.7. The summed E-state index contributed by atoms with van der Waals surface area (Å²) in [5, 5.41) is 3.29. The number of anilines is 1. The summed E-state index contributed by atoms with van der Waals surface area (Å²) in [4.78, 5) is 26.3. The Bertz CT molecular complexity index is 924. The number of rotatable bonds is 5. The van der Waals surface area contributed by atoms with Gasteiger partial charge >= 0.3 is 0 Å². The predicted octanol–water partition coefficient (Wildman–Crippen LogP) is 5.03. The fraction of sp³-hybridized carbons (Fsp3) is 0.273. The second kappa shape index (κ2) is 8.48. The molecule has 2 amide bonds. The van der Waals surface area contributed by atoms with Gasteiger partial charge in [0, 0.05) is 18.8 Å². The number of halogens is 1. The van der Waals surface area contributed by atoms with Crippen molar-refractivity contribution in [3.63, 3.8) is 0 Å². The SMILES string of the molecule is CC(=O)N1C=Cc2ccccc2[C@H]1CC(=O)Nc1ccc(OC(C)C)c(Cl)c1. The van der Waals surface area contributed by atoms with E-state index in [2.05, 4.69) is 5.32 Å². The number of carbonyl (C=O) groups excluding carboxylic acids is 2. The highest BCUT2D eigenvalue weighted by atomic mass is 35.5. The van der Waals surface area contributed by atoms with E-state index in [1.165, 1.54) is 6.92 Å². The molecule has 0 saturated carbocycles. The Kier molecular flexibility index (Phi) is 6.05. The molecule has 0 aromatic heterocycles. The molecule has 0 fully saturated rings. The molecule has 2 aromatic rings. The lowest BCUT2D eigenvalue weighted by molar-refractivity contribution is -0.129. The summed E-state index contributed by atoms with van der Waals surface area (Å²) >= 11 is 6.24. The lowest BCUT2D eigenvalue weighted by atomic mass is 9.93. The van der Waals surface area contributed by atoms with Crippen LogP contribution in [0.4, 0.5) is 5.69 Å². The second-order valence-corrected chi connectivity index (χ2v) is 7.36. The number of benzene rings is 2. The van der Waals surface area contributed by atoms with Gasteiger partial charge in [-0.25, -0.2) is 0 Å². The van der Waals surface area contributed by atoms with Gasteiger partial charge in [-0.2, -0.15) is 0 Å². The van der Waals surface area contributed by atoms with E-state index in [0.29, 0.717) is 16.5 Å². The topological polar surface area (TPSA) is 58.6 Å². The van der Waals surface area contributed by atoms with Gasteiger partial charge in [0.15, 0.2) is 0 Å². The number of fused-ring (bicyclic) bond motifs is 1. The van der Waals surface area contributed by atoms with Crippen LogP contribution in [0.2, 0.25) is 5.02 Å². The molecule has 1 N–H and O–H groups in total. The van der Waals surface area contributed by atoms with Crippen molar-refractivity contribution in [2.45, 2.75) is 39.3 Å². The van der Waals surface area contributed by atoms with Crippen molar-refractivity contribution in [2.24, 2.45) is 0 Å². The lowest BCUT2D eigenvalue weighted by Crippen LogP contribution is -2.33. The maximum Gasteiger partial charge on any atom is 0.226 e. The van der Waals surface area contributed by atoms with Gasteiger partial charge in [0.2, 0.25) is 11.8 Å². The molecule has 0 saturated heterocycles. The standard InChI is InChI=1S/C22H23ClN2O3/c1-14(2)28-21-9-8-17(12-19(21)23)24-22(27)13-20-18-7-5-4-6-16(18)10-11-25(20)15(3)26/h4-12,14,20H,13H2,1-3H3,(H,24,27)/t20-/m1/s1. The average Bonchev–Trinajstić information content (AvgIpc) is 2.63. The van der Waals surface area contributed by atoms with Crippen molar-refractivity contribution in [1.82, 2.24) is 4.90 Å². The first-order valence-corrected chi connectivity index (χ1v) is 9.55. The molecule has 2 aromatic carbocycles. The molecule has 1 atom stereocenters. The Morgan fingerprint density at radius 2 is 1.96 bits per heavy atom. The zero-order valence-corrected chi connectivity index (χ0v) is 16.9. The van der Waals surface area contributed by atoms with E-state index < -0.39 is 0 Å². The lowest BCUT2D eigenvalue weighted by Gasteiger charge is -2.32. The third kappa shape index (κ3) is 4.54. The molecule has 1 heterocycles. The van der Waals surface area contributed by atoms with Crippen molar-refractivity contribution in [1.29, 1.82) is 0 Å². The van der Waals surface area contributed by atoms with E-state index >= 15 is 0 Å². The highest BCUT2D eigenvalue weighted by Crippen LogP contribution is 2.33. The van der Waals surface area contributed by atoms with Crippen LogP contribution in [0.1, 0.15) is 44.4 Å². The summed E-state index contributed by atoms with van der Waals surface area (Å²) in [5.41, 5.74) is 2.55. The van der Waals surface area contributed by atoms with Crippen LogP contribution < -0.4 is 10.1 Å². The van der Waals surface area contributed by atoms with E-state index in [4.69, 9.17) is 16.3 Å². The Balaban J connectivity index is 1.75. The number of hydrogen-bond donors (Lipinski definition) is 1. The monoisotopic (exact) mass is 398 g/mol. The summed E-state index contributed by atoms with van der Waals surface area (Å²) in [6, 6.07) is 12.6. The summed E-state index contributed by atoms with van der Waals surface area (Å²) in [6.45, 7) is 5.34. The van der Waals surface area contributed by atoms with Crippen LogP contribution in [-0.2, 0) is 9.59 Å². The van der Waals surface area contributed by atoms with E-state index in [0.717, 1.165) is 11.1 Å². The molecule has 146 valence electrons. The number of hydrogen-bond acceptors (Lipinski definition) is 3.